The first-order valence-electron chi connectivity index (χ1n) is 5.80. The van der Waals surface area contributed by atoms with E-state index in [1.54, 1.807) is 12.4 Å². The van der Waals surface area contributed by atoms with Gasteiger partial charge in [-0.1, -0.05) is 5.16 Å². The first-order valence-corrected chi connectivity index (χ1v) is 6.62. The normalized spacial score (nSPS) is 10.8. The molecular weight excluding hydrogens is 260 g/mol. The molecular formula is C13H12N4OS. The quantitative estimate of drug-likeness (QED) is 0.793. The van der Waals surface area contributed by atoms with E-state index in [0.29, 0.717) is 23.1 Å². The summed E-state index contributed by atoms with van der Waals surface area (Å²) in [5.41, 5.74) is 7.83. The van der Waals surface area contributed by atoms with Crippen molar-refractivity contribution in [2.24, 2.45) is 0 Å². The standard InChI is InChI=1S/C13H12N4OS/c1-8-6-10(12(14)19-8)13-16-11(17-18-13)7-9-2-4-15-5-3-9/h2-6H,7,14H2,1H3. The number of aromatic nitrogens is 3. The lowest BCUT2D eigenvalue weighted by atomic mass is 10.2. The monoisotopic (exact) mass is 272 g/mol. The van der Waals surface area contributed by atoms with E-state index < -0.39 is 0 Å². The molecule has 0 aromatic carbocycles. The fourth-order valence-corrected chi connectivity index (χ4v) is 2.60. The summed E-state index contributed by atoms with van der Waals surface area (Å²) in [6.45, 7) is 2.00. The van der Waals surface area contributed by atoms with Gasteiger partial charge in [0.05, 0.1) is 10.6 Å². The summed E-state index contributed by atoms with van der Waals surface area (Å²) < 4.78 is 5.27. The number of nitrogen functional groups attached to an aromatic ring is 1. The van der Waals surface area contributed by atoms with E-state index in [1.807, 2.05) is 25.1 Å². The molecule has 96 valence electrons. The Morgan fingerprint density at radius 1 is 1.32 bits per heavy atom. The molecule has 0 saturated carbocycles. The molecule has 0 fully saturated rings. The van der Waals surface area contributed by atoms with Crippen LogP contribution in [0.5, 0.6) is 0 Å². The molecule has 3 rings (SSSR count). The van der Waals surface area contributed by atoms with Gasteiger partial charge in [0.1, 0.15) is 0 Å². The molecule has 0 amide bonds. The average Bonchev–Trinajstić information content (AvgIpc) is 2.97. The summed E-state index contributed by atoms with van der Waals surface area (Å²) in [5.74, 6) is 1.12. The third-order valence-electron chi connectivity index (χ3n) is 2.69. The molecule has 3 aromatic rings. The number of nitrogens with two attached hydrogens (primary N) is 1. The van der Waals surface area contributed by atoms with E-state index in [1.165, 1.54) is 11.3 Å². The van der Waals surface area contributed by atoms with E-state index in [9.17, 15) is 0 Å². The molecule has 5 nitrogen and oxygen atoms in total. The van der Waals surface area contributed by atoms with Crippen LogP contribution >= 0.6 is 11.3 Å². The molecule has 0 spiro atoms. The van der Waals surface area contributed by atoms with Gasteiger partial charge in [-0.15, -0.1) is 11.3 Å². The maximum atomic E-state index is 5.92. The lowest BCUT2D eigenvalue weighted by molar-refractivity contribution is 0.424. The lowest BCUT2D eigenvalue weighted by Gasteiger charge is -1.93. The van der Waals surface area contributed by atoms with Crippen molar-refractivity contribution in [3.8, 4) is 11.5 Å². The number of aryl methyl sites for hydroxylation is 1. The minimum absolute atomic E-state index is 0.478. The smallest absolute Gasteiger partial charge is 0.260 e. The summed E-state index contributed by atoms with van der Waals surface area (Å²) in [7, 11) is 0. The van der Waals surface area contributed by atoms with Gasteiger partial charge in [0.15, 0.2) is 5.82 Å². The van der Waals surface area contributed by atoms with Crippen molar-refractivity contribution >= 4 is 16.3 Å². The molecule has 6 heteroatoms. The van der Waals surface area contributed by atoms with Crippen molar-refractivity contribution in [3.05, 3.63) is 46.9 Å². The molecule has 0 atom stereocenters. The molecule has 0 aliphatic rings. The van der Waals surface area contributed by atoms with Crippen LogP contribution in [0.15, 0.2) is 35.1 Å². The number of hydrogen-bond donors (Lipinski definition) is 1. The highest BCUT2D eigenvalue weighted by atomic mass is 32.1. The second-order valence-electron chi connectivity index (χ2n) is 4.18. The summed E-state index contributed by atoms with van der Waals surface area (Å²) in [6.07, 6.45) is 4.11. The van der Waals surface area contributed by atoms with Crippen molar-refractivity contribution in [1.82, 2.24) is 15.1 Å². The summed E-state index contributed by atoms with van der Waals surface area (Å²) in [6, 6.07) is 5.82. The van der Waals surface area contributed by atoms with Gasteiger partial charge in [0, 0.05) is 23.7 Å². The van der Waals surface area contributed by atoms with Crippen LogP contribution in [-0.4, -0.2) is 15.1 Å². The largest absolute Gasteiger partial charge is 0.390 e. The zero-order valence-corrected chi connectivity index (χ0v) is 11.1. The first-order chi connectivity index (χ1) is 9.22. The molecule has 0 unspecified atom stereocenters. The van der Waals surface area contributed by atoms with Gasteiger partial charge in [0.25, 0.3) is 5.89 Å². The van der Waals surface area contributed by atoms with Gasteiger partial charge in [-0.3, -0.25) is 4.98 Å². The summed E-state index contributed by atoms with van der Waals surface area (Å²) >= 11 is 1.52. The summed E-state index contributed by atoms with van der Waals surface area (Å²) in [4.78, 5) is 9.48. The van der Waals surface area contributed by atoms with E-state index in [4.69, 9.17) is 10.3 Å². The topological polar surface area (TPSA) is 77.8 Å². The van der Waals surface area contributed by atoms with Gasteiger partial charge in [0.2, 0.25) is 0 Å². The molecule has 2 N–H and O–H groups in total. The van der Waals surface area contributed by atoms with E-state index >= 15 is 0 Å². The van der Waals surface area contributed by atoms with Gasteiger partial charge in [-0.25, -0.2) is 0 Å². The average molecular weight is 272 g/mol. The molecule has 19 heavy (non-hydrogen) atoms. The number of hydrogen-bond acceptors (Lipinski definition) is 6. The zero-order chi connectivity index (χ0) is 13.2. The highest BCUT2D eigenvalue weighted by Gasteiger charge is 2.14. The van der Waals surface area contributed by atoms with Gasteiger partial charge in [-0.2, -0.15) is 4.98 Å². The van der Waals surface area contributed by atoms with Crippen LogP contribution in [0.25, 0.3) is 11.5 Å². The predicted octanol–water partition coefficient (Wildman–Crippen LogP) is 2.67. The molecule has 0 saturated heterocycles. The number of thiophene rings is 1. The van der Waals surface area contributed by atoms with Crippen molar-refractivity contribution in [2.45, 2.75) is 13.3 Å². The van der Waals surface area contributed by atoms with E-state index in [2.05, 4.69) is 15.1 Å². The Morgan fingerprint density at radius 2 is 2.11 bits per heavy atom. The van der Waals surface area contributed by atoms with Gasteiger partial charge in [-0.05, 0) is 30.7 Å². The third-order valence-corrected chi connectivity index (χ3v) is 3.57. The molecule has 0 bridgehead atoms. The van der Waals surface area contributed by atoms with Crippen LogP contribution in [0.2, 0.25) is 0 Å². The predicted molar refractivity (Wildman–Crippen MR) is 73.8 cm³/mol. The van der Waals surface area contributed by atoms with E-state index in [-0.39, 0.29) is 0 Å². The Morgan fingerprint density at radius 3 is 2.79 bits per heavy atom. The van der Waals surface area contributed by atoms with Crippen LogP contribution in [0, 0.1) is 6.92 Å². The van der Waals surface area contributed by atoms with Crippen molar-refractivity contribution in [1.29, 1.82) is 0 Å². The van der Waals surface area contributed by atoms with Crippen LogP contribution in [0.1, 0.15) is 16.3 Å². The molecule has 0 aliphatic carbocycles. The number of pyridine rings is 1. The van der Waals surface area contributed by atoms with Crippen LogP contribution < -0.4 is 5.73 Å². The minimum atomic E-state index is 0.478. The summed E-state index contributed by atoms with van der Waals surface area (Å²) in [5, 5.41) is 4.69. The van der Waals surface area contributed by atoms with Crippen LogP contribution in [0.4, 0.5) is 5.00 Å². The molecule has 3 heterocycles. The van der Waals surface area contributed by atoms with Crippen molar-refractivity contribution in [3.63, 3.8) is 0 Å². The highest BCUT2D eigenvalue weighted by molar-refractivity contribution is 7.16. The van der Waals surface area contributed by atoms with Crippen LogP contribution in [0.3, 0.4) is 0 Å². The SMILES string of the molecule is Cc1cc(-c2nc(Cc3ccncc3)no2)c(N)s1. The third kappa shape index (κ3) is 2.48. The first kappa shape index (κ1) is 11.9. The maximum absolute atomic E-state index is 5.92. The Bertz CT molecular complexity index is 690. The second kappa shape index (κ2) is 4.81. The fraction of sp³-hybridized carbons (Fsp3) is 0.154. The van der Waals surface area contributed by atoms with Gasteiger partial charge < -0.3 is 10.3 Å². The molecule has 3 aromatic heterocycles. The number of rotatable bonds is 3. The second-order valence-corrected chi connectivity index (χ2v) is 5.47. The van der Waals surface area contributed by atoms with Gasteiger partial charge >= 0.3 is 0 Å². The van der Waals surface area contributed by atoms with Crippen LogP contribution in [-0.2, 0) is 6.42 Å². The Labute approximate surface area is 114 Å². The Kier molecular flexibility index (Phi) is 3.00. The van der Waals surface area contributed by atoms with Crippen molar-refractivity contribution < 1.29 is 4.52 Å². The maximum Gasteiger partial charge on any atom is 0.260 e. The minimum Gasteiger partial charge on any atom is -0.390 e. The zero-order valence-electron chi connectivity index (χ0n) is 10.3. The Balaban J connectivity index is 1.86. The number of anilines is 1. The lowest BCUT2D eigenvalue weighted by Crippen LogP contribution is -1.91. The number of nitrogens with zero attached hydrogens (tertiary/aromatic N) is 3. The molecule has 0 aliphatic heterocycles. The fourth-order valence-electron chi connectivity index (χ4n) is 1.82. The molecule has 0 radical (unpaired) electrons. The highest BCUT2D eigenvalue weighted by Crippen LogP contribution is 2.32. The van der Waals surface area contributed by atoms with E-state index in [0.717, 1.165) is 16.0 Å². The Hall–Kier alpha value is -2.21. The van der Waals surface area contributed by atoms with Crippen molar-refractivity contribution in [2.75, 3.05) is 5.73 Å².